The van der Waals surface area contributed by atoms with Crippen LogP contribution in [0.25, 0.3) is 10.8 Å². The van der Waals surface area contributed by atoms with Crippen molar-refractivity contribution in [3.8, 4) is 0 Å². The van der Waals surface area contributed by atoms with Gasteiger partial charge < -0.3 is 15.4 Å². The quantitative estimate of drug-likeness (QED) is 0.828. The summed E-state index contributed by atoms with van der Waals surface area (Å²) in [6.45, 7) is 2.98. The number of rotatable bonds is 4. The Hall–Kier alpha value is -2.07. The van der Waals surface area contributed by atoms with Crippen molar-refractivity contribution >= 4 is 22.5 Å². The number of methoxy groups -OCH3 is 1. The van der Waals surface area contributed by atoms with Gasteiger partial charge in [-0.1, -0.05) is 36.4 Å². The van der Waals surface area contributed by atoms with Gasteiger partial charge in [0.1, 0.15) is 0 Å². The Labute approximate surface area is 112 Å². The van der Waals surface area contributed by atoms with Crippen LogP contribution in [0, 0.1) is 6.92 Å². The Balaban J connectivity index is 2.19. The molecule has 0 fully saturated rings. The third-order valence-corrected chi connectivity index (χ3v) is 2.97. The second kappa shape index (κ2) is 6.20. The van der Waals surface area contributed by atoms with Crippen molar-refractivity contribution in [1.29, 1.82) is 0 Å². The standard InChI is InChI=1S/C15H18N2O2/c1-11-7-8-12-5-3-4-6-13(12)14(11)17-15(18)16-9-10-19-2/h3-8H,9-10H2,1-2H3,(H2,16,17,18). The Morgan fingerprint density at radius 2 is 2.00 bits per heavy atom. The Morgan fingerprint density at radius 1 is 1.21 bits per heavy atom. The summed E-state index contributed by atoms with van der Waals surface area (Å²) in [5.74, 6) is 0. The zero-order valence-electron chi connectivity index (χ0n) is 11.2. The second-order valence-electron chi connectivity index (χ2n) is 4.35. The SMILES string of the molecule is COCCNC(=O)Nc1c(C)ccc2ccccc12. The van der Waals surface area contributed by atoms with Crippen molar-refractivity contribution in [1.82, 2.24) is 5.32 Å². The van der Waals surface area contributed by atoms with E-state index < -0.39 is 0 Å². The Bertz CT molecular complexity index is 581. The monoisotopic (exact) mass is 258 g/mol. The van der Waals surface area contributed by atoms with Crippen LogP contribution in [0.3, 0.4) is 0 Å². The topological polar surface area (TPSA) is 50.4 Å². The smallest absolute Gasteiger partial charge is 0.319 e. The molecule has 4 heteroatoms. The van der Waals surface area contributed by atoms with Gasteiger partial charge in [0, 0.05) is 19.0 Å². The minimum absolute atomic E-state index is 0.212. The zero-order valence-corrected chi connectivity index (χ0v) is 11.2. The average molecular weight is 258 g/mol. The highest BCUT2D eigenvalue weighted by Gasteiger charge is 2.07. The first-order chi connectivity index (χ1) is 9.22. The van der Waals surface area contributed by atoms with E-state index in [9.17, 15) is 4.79 Å². The number of hydrogen-bond donors (Lipinski definition) is 2. The number of carbonyl (C=O) groups is 1. The molecule has 2 amide bonds. The van der Waals surface area contributed by atoms with Gasteiger partial charge in [0.05, 0.1) is 12.3 Å². The van der Waals surface area contributed by atoms with E-state index in [0.29, 0.717) is 13.2 Å². The summed E-state index contributed by atoms with van der Waals surface area (Å²) in [7, 11) is 1.61. The van der Waals surface area contributed by atoms with E-state index in [1.807, 2.05) is 37.3 Å². The minimum atomic E-state index is -0.212. The van der Waals surface area contributed by atoms with Gasteiger partial charge in [-0.2, -0.15) is 0 Å². The molecule has 2 rings (SSSR count). The number of urea groups is 1. The van der Waals surface area contributed by atoms with E-state index in [1.165, 1.54) is 0 Å². The number of nitrogens with one attached hydrogen (secondary N) is 2. The van der Waals surface area contributed by atoms with Gasteiger partial charge in [-0.25, -0.2) is 4.79 Å². The summed E-state index contributed by atoms with van der Waals surface area (Å²) in [5.41, 5.74) is 1.90. The minimum Gasteiger partial charge on any atom is -0.383 e. The molecule has 0 atom stereocenters. The third kappa shape index (κ3) is 3.23. The van der Waals surface area contributed by atoms with Crippen molar-refractivity contribution in [3.05, 3.63) is 42.0 Å². The molecule has 2 N–H and O–H groups in total. The largest absolute Gasteiger partial charge is 0.383 e. The van der Waals surface area contributed by atoms with E-state index in [2.05, 4.69) is 16.7 Å². The van der Waals surface area contributed by atoms with Crippen LogP contribution >= 0.6 is 0 Å². The molecule has 0 spiro atoms. The molecule has 0 unspecified atom stereocenters. The van der Waals surface area contributed by atoms with Gasteiger partial charge in [0.15, 0.2) is 0 Å². The van der Waals surface area contributed by atoms with Crippen LogP contribution in [-0.2, 0) is 4.74 Å². The molecule has 0 aliphatic carbocycles. The molecule has 2 aromatic rings. The fourth-order valence-electron chi connectivity index (χ4n) is 1.97. The van der Waals surface area contributed by atoms with Crippen molar-refractivity contribution in [3.63, 3.8) is 0 Å². The van der Waals surface area contributed by atoms with Crippen LogP contribution in [0.4, 0.5) is 10.5 Å². The van der Waals surface area contributed by atoms with Crippen LogP contribution < -0.4 is 10.6 Å². The number of ether oxygens (including phenoxy) is 1. The number of amides is 2. The fourth-order valence-corrected chi connectivity index (χ4v) is 1.97. The number of anilines is 1. The molecule has 100 valence electrons. The van der Waals surface area contributed by atoms with E-state index in [-0.39, 0.29) is 6.03 Å². The number of hydrogen-bond acceptors (Lipinski definition) is 2. The van der Waals surface area contributed by atoms with Crippen molar-refractivity contribution in [2.45, 2.75) is 6.92 Å². The summed E-state index contributed by atoms with van der Waals surface area (Å²) >= 11 is 0. The lowest BCUT2D eigenvalue weighted by Gasteiger charge is -2.12. The number of carbonyl (C=O) groups excluding carboxylic acids is 1. The lowest BCUT2D eigenvalue weighted by atomic mass is 10.0. The van der Waals surface area contributed by atoms with Gasteiger partial charge in [-0.15, -0.1) is 0 Å². The van der Waals surface area contributed by atoms with E-state index in [0.717, 1.165) is 22.0 Å². The highest BCUT2D eigenvalue weighted by atomic mass is 16.5. The number of fused-ring (bicyclic) bond motifs is 1. The van der Waals surface area contributed by atoms with Gasteiger partial charge in [0.2, 0.25) is 0 Å². The first-order valence-electron chi connectivity index (χ1n) is 6.24. The number of aryl methyl sites for hydroxylation is 1. The molecule has 0 heterocycles. The Morgan fingerprint density at radius 3 is 2.79 bits per heavy atom. The average Bonchev–Trinajstić information content (AvgIpc) is 2.42. The van der Waals surface area contributed by atoms with Gasteiger partial charge in [-0.3, -0.25) is 0 Å². The van der Waals surface area contributed by atoms with E-state index >= 15 is 0 Å². The summed E-state index contributed by atoms with van der Waals surface area (Å²) < 4.78 is 4.89. The first-order valence-corrected chi connectivity index (χ1v) is 6.24. The lowest BCUT2D eigenvalue weighted by Crippen LogP contribution is -2.31. The Kier molecular flexibility index (Phi) is 4.36. The second-order valence-corrected chi connectivity index (χ2v) is 4.35. The summed E-state index contributed by atoms with van der Waals surface area (Å²) in [5, 5.41) is 7.81. The molecule has 0 saturated carbocycles. The normalized spacial score (nSPS) is 10.4. The fraction of sp³-hybridized carbons (Fsp3) is 0.267. The highest BCUT2D eigenvalue weighted by molar-refractivity contribution is 6.02. The van der Waals surface area contributed by atoms with Crippen LogP contribution in [0.15, 0.2) is 36.4 Å². The van der Waals surface area contributed by atoms with Crippen LogP contribution in [-0.4, -0.2) is 26.3 Å². The lowest BCUT2D eigenvalue weighted by molar-refractivity contribution is 0.198. The third-order valence-electron chi connectivity index (χ3n) is 2.97. The zero-order chi connectivity index (χ0) is 13.7. The molecule has 19 heavy (non-hydrogen) atoms. The predicted molar refractivity (Wildman–Crippen MR) is 77.6 cm³/mol. The maximum atomic E-state index is 11.8. The first kappa shape index (κ1) is 13.4. The summed E-state index contributed by atoms with van der Waals surface area (Å²) in [4.78, 5) is 11.8. The molecule has 0 aliphatic heterocycles. The summed E-state index contributed by atoms with van der Waals surface area (Å²) in [6, 6.07) is 11.8. The maximum Gasteiger partial charge on any atom is 0.319 e. The highest BCUT2D eigenvalue weighted by Crippen LogP contribution is 2.26. The molecule has 4 nitrogen and oxygen atoms in total. The maximum absolute atomic E-state index is 11.8. The predicted octanol–water partition coefficient (Wildman–Crippen LogP) is 2.92. The molecule has 0 radical (unpaired) electrons. The van der Waals surface area contributed by atoms with Crippen LogP contribution in [0.5, 0.6) is 0 Å². The van der Waals surface area contributed by atoms with Gasteiger partial charge in [-0.05, 0) is 17.9 Å². The molecule has 2 aromatic carbocycles. The van der Waals surface area contributed by atoms with E-state index in [1.54, 1.807) is 7.11 Å². The van der Waals surface area contributed by atoms with Crippen LogP contribution in [0.1, 0.15) is 5.56 Å². The number of benzene rings is 2. The molecular formula is C15H18N2O2. The van der Waals surface area contributed by atoms with Crippen molar-refractivity contribution in [2.75, 3.05) is 25.6 Å². The summed E-state index contributed by atoms with van der Waals surface area (Å²) in [6.07, 6.45) is 0. The van der Waals surface area contributed by atoms with E-state index in [4.69, 9.17) is 4.74 Å². The van der Waals surface area contributed by atoms with Gasteiger partial charge in [0.25, 0.3) is 0 Å². The molecule has 0 aromatic heterocycles. The van der Waals surface area contributed by atoms with Crippen molar-refractivity contribution < 1.29 is 9.53 Å². The molecule has 0 saturated heterocycles. The molecule has 0 aliphatic rings. The molecular weight excluding hydrogens is 240 g/mol. The molecule has 0 bridgehead atoms. The van der Waals surface area contributed by atoms with Crippen molar-refractivity contribution in [2.24, 2.45) is 0 Å². The van der Waals surface area contributed by atoms with Crippen LogP contribution in [0.2, 0.25) is 0 Å². The van der Waals surface area contributed by atoms with Gasteiger partial charge >= 0.3 is 6.03 Å².